The lowest BCUT2D eigenvalue weighted by atomic mass is 9.92. The molecule has 0 aliphatic heterocycles. The van der Waals surface area contributed by atoms with Gasteiger partial charge in [-0.05, 0) is 42.1 Å². The molecule has 0 spiro atoms. The average Bonchev–Trinajstić information content (AvgIpc) is 2.55. The van der Waals surface area contributed by atoms with E-state index in [-0.39, 0.29) is 0 Å². The van der Waals surface area contributed by atoms with E-state index in [4.69, 9.17) is 0 Å². The van der Waals surface area contributed by atoms with Gasteiger partial charge in [-0.2, -0.15) is 0 Å². The Morgan fingerprint density at radius 1 is 0.737 bits per heavy atom. The molecular weight excluding hydrogens is 246 g/mol. The van der Waals surface area contributed by atoms with Gasteiger partial charge in [-0.25, -0.2) is 0 Å². The molecule has 4 atom stereocenters. The van der Waals surface area contributed by atoms with Gasteiger partial charge in [0.25, 0.3) is 0 Å². The predicted molar refractivity (Wildman–Crippen MR) is 87.9 cm³/mol. The number of nitrogens with one attached hydrogen (secondary N) is 1. The van der Waals surface area contributed by atoms with Gasteiger partial charge in [0.15, 0.2) is 0 Å². The second-order valence-corrected chi connectivity index (χ2v) is 12.6. The molecule has 0 radical (unpaired) electrons. The van der Waals surface area contributed by atoms with E-state index in [1.165, 1.54) is 32.1 Å². The normalized spacial score (nSPS) is 41.7. The Balaban J connectivity index is 2.05. The molecule has 1 nitrogen and oxygen atoms in total. The molecule has 0 heterocycles. The Labute approximate surface area is 122 Å². The largest absolute Gasteiger partial charge is 0.334 e. The minimum atomic E-state index is -1.32. The molecule has 0 aromatic heterocycles. The molecular formula is C17H35NSi. The molecule has 4 unspecified atom stereocenters. The van der Waals surface area contributed by atoms with Gasteiger partial charge >= 0.3 is 0 Å². The first-order valence-electron chi connectivity index (χ1n) is 8.62. The first kappa shape index (κ1) is 15.6. The highest BCUT2D eigenvalue weighted by atomic mass is 28.3. The lowest BCUT2D eigenvalue weighted by Crippen LogP contribution is -2.56. The summed E-state index contributed by atoms with van der Waals surface area (Å²) < 4.78 is 0. The first-order chi connectivity index (χ1) is 8.84. The smallest absolute Gasteiger partial charge is 0.123 e. The third kappa shape index (κ3) is 3.10. The zero-order chi connectivity index (χ0) is 14.2. The highest BCUT2D eigenvalue weighted by Crippen LogP contribution is 2.53. The van der Waals surface area contributed by atoms with Crippen LogP contribution in [-0.2, 0) is 0 Å². The van der Waals surface area contributed by atoms with Crippen LogP contribution in [0.1, 0.15) is 59.8 Å². The van der Waals surface area contributed by atoms with Crippen molar-refractivity contribution < 1.29 is 0 Å². The van der Waals surface area contributed by atoms with E-state index < -0.39 is 8.24 Å². The molecule has 2 aliphatic rings. The molecule has 2 heteroatoms. The first-order valence-corrected chi connectivity index (χ1v) is 11.7. The SMILES string of the molecule is CC1C(C)C(C)C([Si](C)(C)NC2CCCCC2)C1C. The lowest BCUT2D eigenvalue weighted by Gasteiger charge is -2.40. The van der Waals surface area contributed by atoms with Gasteiger partial charge in [0, 0.05) is 6.04 Å². The molecule has 0 bridgehead atoms. The molecule has 2 aliphatic carbocycles. The van der Waals surface area contributed by atoms with Crippen molar-refractivity contribution in [3.8, 4) is 0 Å². The minimum absolute atomic E-state index is 0.834. The Kier molecular flexibility index (Phi) is 4.82. The van der Waals surface area contributed by atoms with Crippen LogP contribution in [0, 0.1) is 23.7 Å². The van der Waals surface area contributed by atoms with Crippen LogP contribution in [-0.4, -0.2) is 14.3 Å². The lowest BCUT2D eigenvalue weighted by molar-refractivity contribution is 0.352. The summed E-state index contributed by atoms with van der Waals surface area (Å²) in [6.07, 6.45) is 7.22. The van der Waals surface area contributed by atoms with Crippen LogP contribution in [0.5, 0.6) is 0 Å². The summed E-state index contributed by atoms with van der Waals surface area (Å²) in [4.78, 5) is 4.18. The van der Waals surface area contributed by atoms with E-state index in [1.54, 1.807) is 0 Å². The second kappa shape index (κ2) is 5.89. The van der Waals surface area contributed by atoms with Crippen LogP contribution in [0.3, 0.4) is 0 Å². The Morgan fingerprint density at radius 3 is 1.68 bits per heavy atom. The highest BCUT2D eigenvalue weighted by molar-refractivity contribution is 6.76. The molecule has 0 amide bonds. The van der Waals surface area contributed by atoms with E-state index in [2.05, 4.69) is 45.8 Å². The molecule has 0 aromatic carbocycles. The van der Waals surface area contributed by atoms with Crippen molar-refractivity contribution in [3.05, 3.63) is 0 Å². The van der Waals surface area contributed by atoms with Gasteiger partial charge in [0.2, 0.25) is 0 Å². The van der Waals surface area contributed by atoms with E-state index in [0.29, 0.717) is 0 Å². The quantitative estimate of drug-likeness (QED) is 0.714. The maximum Gasteiger partial charge on any atom is 0.123 e. The van der Waals surface area contributed by atoms with Crippen molar-refractivity contribution in [3.63, 3.8) is 0 Å². The Bertz CT molecular complexity index is 282. The number of rotatable bonds is 3. The van der Waals surface area contributed by atoms with Crippen LogP contribution in [0.2, 0.25) is 18.6 Å². The van der Waals surface area contributed by atoms with Crippen molar-refractivity contribution in [2.24, 2.45) is 23.7 Å². The van der Waals surface area contributed by atoms with Crippen LogP contribution >= 0.6 is 0 Å². The third-order valence-corrected chi connectivity index (χ3v) is 10.5. The van der Waals surface area contributed by atoms with E-state index >= 15 is 0 Å². The summed E-state index contributed by atoms with van der Waals surface area (Å²) in [5.41, 5.74) is 0.958. The molecule has 2 fully saturated rings. The van der Waals surface area contributed by atoms with Crippen molar-refractivity contribution in [1.82, 2.24) is 4.98 Å². The molecule has 19 heavy (non-hydrogen) atoms. The fraction of sp³-hybridized carbons (Fsp3) is 1.00. The summed E-state index contributed by atoms with van der Waals surface area (Å²) in [5, 5.41) is 0. The Hall–Kier alpha value is 0.177. The molecule has 2 saturated carbocycles. The average molecular weight is 282 g/mol. The summed E-state index contributed by atoms with van der Waals surface area (Å²) in [7, 11) is -1.32. The van der Waals surface area contributed by atoms with Crippen molar-refractivity contribution in [1.29, 1.82) is 0 Å². The topological polar surface area (TPSA) is 12.0 Å². The zero-order valence-electron chi connectivity index (χ0n) is 14.0. The summed E-state index contributed by atoms with van der Waals surface area (Å²) in [6, 6.07) is 0.834. The van der Waals surface area contributed by atoms with Crippen LogP contribution in [0.15, 0.2) is 0 Å². The standard InChI is InChI=1S/C17H35NSi/c1-12-13(2)15(4)17(14(12)3)19(5,6)18-16-10-8-7-9-11-16/h12-18H,7-11H2,1-6H3. The summed E-state index contributed by atoms with van der Waals surface area (Å²) in [5.74, 6) is 3.62. The van der Waals surface area contributed by atoms with Crippen molar-refractivity contribution >= 4 is 8.24 Å². The van der Waals surface area contributed by atoms with E-state index in [9.17, 15) is 0 Å². The molecule has 1 N–H and O–H groups in total. The molecule has 0 saturated heterocycles. The number of hydrogen-bond donors (Lipinski definition) is 1. The van der Waals surface area contributed by atoms with E-state index in [1.807, 2.05) is 0 Å². The van der Waals surface area contributed by atoms with Crippen LogP contribution in [0.4, 0.5) is 0 Å². The fourth-order valence-electron chi connectivity index (χ4n) is 5.27. The van der Waals surface area contributed by atoms with Crippen molar-refractivity contribution in [2.45, 2.75) is 84.5 Å². The monoisotopic (exact) mass is 281 g/mol. The van der Waals surface area contributed by atoms with Crippen molar-refractivity contribution in [2.75, 3.05) is 0 Å². The van der Waals surface area contributed by atoms with Crippen LogP contribution in [0.25, 0.3) is 0 Å². The predicted octanol–water partition coefficient (Wildman–Crippen LogP) is 5.04. The summed E-state index contributed by atoms with van der Waals surface area (Å²) in [6.45, 7) is 15.2. The zero-order valence-corrected chi connectivity index (χ0v) is 15.0. The molecule has 0 aromatic rings. The molecule has 112 valence electrons. The minimum Gasteiger partial charge on any atom is -0.334 e. The van der Waals surface area contributed by atoms with Gasteiger partial charge in [-0.15, -0.1) is 0 Å². The Morgan fingerprint density at radius 2 is 1.21 bits per heavy atom. The maximum absolute atomic E-state index is 4.18. The van der Waals surface area contributed by atoms with Gasteiger partial charge in [0.05, 0.1) is 0 Å². The maximum atomic E-state index is 4.18. The number of hydrogen-bond acceptors (Lipinski definition) is 1. The van der Waals surface area contributed by atoms with E-state index in [0.717, 1.165) is 35.3 Å². The third-order valence-electron chi connectivity index (χ3n) is 6.64. The second-order valence-electron chi connectivity index (χ2n) is 8.16. The van der Waals surface area contributed by atoms with Gasteiger partial charge in [0.1, 0.15) is 8.24 Å². The van der Waals surface area contributed by atoms with Gasteiger partial charge in [-0.1, -0.05) is 60.1 Å². The van der Waals surface area contributed by atoms with Crippen LogP contribution < -0.4 is 4.98 Å². The highest BCUT2D eigenvalue weighted by Gasteiger charge is 2.49. The fourth-order valence-corrected chi connectivity index (χ4v) is 10.0. The molecule has 2 rings (SSSR count). The van der Waals surface area contributed by atoms with Gasteiger partial charge < -0.3 is 4.98 Å². The summed E-state index contributed by atoms with van der Waals surface area (Å²) >= 11 is 0. The van der Waals surface area contributed by atoms with Gasteiger partial charge in [-0.3, -0.25) is 0 Å².